The average molecular weight is 360 g/mol. The molecule has 0 unspecified atom stereocenters. The molecular formula is C23H20O4. The van der Waals surface area contributed by atoms with Crippen molar-refractivity contribution in [3.05, 3.63) is 95.6 Å². The number of hydrogen-bond acceptors (Lipinski definition) is 4. The van der Waals surface area contributed by atoms with Crippen molar-refractivity contribution in [1.29, 1.82) is 0 Å². The highest BCUT2D eigenvalue weighted by Crippen LogP contribution is 2.27. The maximum Gasteiger partial charge on any atom is 0.189 e. The van der Waals surface area contributed by atoms with Gasteiger partial charge in [-0.2, -0.15) is 0 Å². The van der Waals surface area contributed by atoms with E-state index >= 15 is 0 Å². The van der Waals surface area contributed by atoms with Crippen molar-refractivity contribution in [2.24, 2.45) is 0 Å². The molecule has 0 atom stereocenters. The fourth-order valence-electron chi connectivity index (χ4n) is 2.60. The number of allylic oxidation sites excluding steroid dienone is 1. The third-order valence-electron chi connectivity index (χ3n) is 4.02. The number of methoxy groups -OCH3 is 1. The first-order chi connectivity index (χ1) is 13.2. The van der Waals surface area contributed by atoms with Crippen LogP contribution in [-0.4, -0.2) is 18.0 Å². The van der Waals surface area contributed by atoms with Crippen molar-refractivity contribution < 1.29 is 19.4 Å². The van der Waals surface area contributed by atoms with Crippen LogP contribution in [0.5, 0.6) is 17.2 Å². The second-order valence-electron chi connectivity index (χ2n) is 5.90. The van der Waals surface area contributed by atoms with Gasteiger partial charge in [-0.15, -0.1) is 0 Å². The molecule has 0 aromatic heterocycles. The molecule has 4 nitrogen and oxygen atoms in total. The van der Waals surface area contributed by atoms with Crippen LogP contribution in [0, 0.1) is 0 Å². The molecule has 0 amide bonds. The lowest BCUT2D eigenvalue weighted by molar-refractivity contribution is 0.104. The maximum absolute atomic E-state index is 12.6. The van der Waals surface area contributed by atoms with Crippen LogP contribution in [0.15, 0.2) is 78.9 Å². The lowest BCUT2D eigenvalue weighted by atomic mass is 10.1. The highest BCUT2D eigenvalue weighted by atomic mass is 16.5. The first-order valence-corrected chi connectivity index (χ1v) is 8.52. The summed E-state index contributed by atoms with van der Waals surface area (Å²) in [6.45, 7) is 0.390. The van der Waals surface area contributed by atoms with E-state index in [9.17, 15) is 9.90 Å². The normalized spacial score (nSPS) is 10.7. The van der Waals surface area contributed by atoms with E-state index in [-0.39, 0.29) is 11.5 Å². The number of hydrogen-bond donors (Lipinski definition) is 1. The van der Waals surface area contributed by atoms with E-state index in [2.05, 4.69) is 0 Å². The predicted octanol–water partition coefficient (Wildman–Crippen LogP) is 4.88. The Morgan fingerprint density at radius 2 is 1.70 bits per heavy atom. The number of phenols is 1. The zero-order chi connectivity index (χ0) is 19.1. The Morgan fingerprint density at radius 1 is 0.963 bits per heavy atom. The van der Waals surface area contributed by atoms with E-state index in [0.717, 1.165) is 5.56 Å². The Labute approximate surface area is 158 Å². The summed E-state index contributed by atoms with van der Waals surface area (Å²) in [5, 5.41) is 9.83. The first kappa shape index (κ1) is 18.3. The minimum Gasteiger partial charge on any atom is -0.504 e. The molecule has 0 saturated carbocycles. The summed E-state index contributed by atoms with van der Waals surface area (Å²) in [7, 11) is 1.49. The number of ketones is 1. The number of ether oxygens (including phenoxy) is 2. The molecule has 0 saturated heterocycles. The summed E-state index contributed by atoms with van der Waals surface area (Å²) in [6, 6.07) is 21.9. The van der Waals surface area contributed by atoms with E-state index in [1.807, 2.05) is 36.4 Å². The molecule has 3 aromatic rings. The third-order valence-corrected chi connectivity index (χ3v) is 4.02. The Morgan fingerprint density at radius 3 is 2.44 bits per heavy atom. The number of aromatic hydroxyl groups is 1. The molecule has 136 valence electrons. The maximum atomic E-state index is 12.6. The predicted molar refractivity (Wildman–Crippen MR) is 105 cm³/mol. The lowest BCUT2D eigenvalue weighted by Crippen LogP contribution is -2.02. The van der Waals surface area contributed by atoms with Crippen molar-refractivity contribution in [2.45, 2.75) is 6.61 Å². The van der Waals surface area contributed by atoms with Gasteiger partial charge in [0.05, 0.1) is 12.7 Å². The van der Waals surface area contributed by atoms with Gasteiger partial charge in [-0.05, 0) is 41.5 Å². The number of carbonyl (C=O) groups is 1. The van der Waals surface area contributed by atoms with Gasteiger partial charge in [0.2, 0.25) is 0 Å². The standard InChI is InChI=1S/C23H20O4/c1-26-23-14-12-17(15-21(23)25)11-13-20(24)19-9-5-6-10-22(19)27-16-18-7-3-2-4-8-18/h2-15,25H,16H2,1H3/b13-11+. The van der Waals surface area contributed by atoms with Crippen molar-refractivity contribution in [2.75, 3.05) is 7.11 Å². The zero-order valence-electron chi connectivity index (χ0n) is 15.0. The summed E-state index contributed by atoms with van der Waals surface area (Å²) in [5.74, 6) is 0.777. The van der Waals surface area contributed by atoms with Crippen LogP contribution in [-0.2, 0) is 6.61 Å². The van der Waals surface area contributed by atoms with Gasteiger partial charge in [0.25, 0.3) is 0 Å². The SMILES string of the molecule is COc1ccc(/C=C/C(=O)c2ccccc2OCc2ccccc2)cc1O. The number of benzene rings is 3. The quantitative estimate of drug-likeness (QED) is 0.482. The molecule has 27 heavy (non-hydrogen) atoms. The summed E-state index contributed by atoms with van der Waals surface area (Å²) < 4.78 is 10.9. The van der Waals surface area contributed by atoms with Crippen molar-refractivity contribution in [3.8, 4) is 17.2 Å². The number of phenolic OH excluding ortho intramolecular Hbond substituents is 1. The van der Waals surface area contributed by atoms with E-state index < -0.39 is 0 Å². The molecule has 0 aliphatic rings. The Balaban J connectivity index is 1.74. The lowest BCUT2D eigenvalue weighted by Gasteiger charge is -2.09. The number of carbonyl (C=O) groups excluding carboxylic acids is 1. The van der Waals surface area contributed by atoms with Crippen LogP contribution in [0.2, 0.25) is 0 Å². The molecule has 0 fully saturated rings. The van der Waals surface area contributed by atoms with Crippen LogP contribution in [0.3, 0.4) is 0 Å². The summed E-state index contributed by atoms with van der Waals surface area (Å²) >= 11 is 0. The molecule has 0 radical (unpaired) electrons. The van der Waals surface area contributed by atoms with Crippen molar-refractivity contribution >= 4 is 11.9 Å². The van der Waals surface area contributed by atoms with Gasteiger partial charge in [0, 0.05) is 0 Å². The molecule has 1 N–H and O–H groups in total. The topological polar surface area (TPSA) is 55.8 Å². The highest BCUT2D eigenvalue weighted by Gasteiger charge is 2.10. The van der Waals surface area contributed by atoms with E-state index in [1.165, 1.54) is 13.2 Å². The molecule has 0 aliphatic heterocycles. The van der Waals surface area contributed by atoms with E-state index in [4.69, 9.17) is 9.47 Å². The molecule has 0 heterocycles. The Kier molecular flexibility index (Phi) is 5.90. The van der Waals surface area contributed by atoms with Crippen LogP contribution in [0.4, 0.5) is 0 Å². The van der Waals surface area contributed by atoms with E-state index in [0.29, 0.717) is 29.2 Å². The minimum atomic E-state index is -0.172. The van der Waals surface area contributed by atoms with Gasteiger partial charge in [0.15, 0.2) is 17.3 Å². The van der Waals surface area contributed by atoms with E-state index in [1.54, 1.807) is 42.5 Å². The highest BCUT2D eigenvalue weighted by molar-refractivity contribution is 6.08. The minimum absolute atomic E-state index is 0.0266. The monoisotopic (exact) mass is 360 g/mol. The molecular weight excluding hydrogens is 340 g/mol. The second-order valence-corrected chi connectivity index (χ2v) is 5.90. The molecule has 4 heteroatoms. The number of rotatable bonds is 7. The van der Waals surface area contributed by atoms with Crippen LogP contribution in [0.1, 0.15) is 21.5 Å². The second kappa shape index (κ2) is 8.72. The number of para-hydroxylation sites is 1. The summed E-state index contributed by atoms with van der Waals surface area (Å²) in [5.41, 5.74) is 2.22. The van der Waals surface area contributed by atoms with Gasteiger partial charge in [-0.25, -0.2) is 0 Å². The molecule has 0 spiro atoms. The van der Waals surface area contributed by atoms with Crippen LogP contribution < -0.4 is 9.47 Å². The van der Waals surface area contributed by atoms with Gasteiger partial charge in [0.1, 0.15) is 12.4 Å². The van der Waals surface area contributed by atoms with Gasteiger partial charge in [-0.3, -0.25) is 4.79 Å². The molecule has 3 rings (SSSR count). The zero-order valence-corrected chi connectivity index (χ0v) is 15.0. The van der Waals surface area contributed by atoms with Gasteiger partial charge < -0.3 is 14.6 Å². The smallest absolute Gasteiger partial charge is 0.189 e. The first-order valence-electron chi connectivity index (χ1n) is 8.52. The van der Waals surface area contributed by atoms with Crippen molar-refractivity contribution in [1.82, 2.24) is 0 Å². The fourth-order valence-corrected chi connectivity index (χ4v) is 2.60. The molecule has 0 aliphatic carbocycles. The van der Waals surface area contributed by atoms with Crippen LogP contribution in [0.25, 0.3) is 6.08 Å². The van der Waals surface area contributed by atoms with Gasteiger partial charge >= 0.3 is 0 Å². The summed E-state index contributed by atoms with van der Waals surface area (Å²) in [6.07, 6.45) is 3.11. The summed E-state index contributed by atoms with van der Waals surface area (Å²) in [4.78, 5) is 12.6. The molecule has 3 aromatic carbocycles. The Hall–Kier alpha value is -3.53. The van der Waals surface area contributed by atoms with Crippen LogP contribution >= 0.6 is 0 Å². The van der Waals surface area contributed by atoms with Gasteiger partial charge in [-0.1, -0.05) is 54.6 Å². The van der Waals surface area contributed by atoms with Crippen molar-refractivity contribution in [3.63, 3.8) is 0 Å². The average Bonchev–Trinajstić information content (AvgIpc) is 2.71. The molecule has 0 bridgehead atoms. The third kappa shape index (κ3) is 4.76. The Bertz CT molecular complexity index is 946. The largest absolute Gasteiger partial charge is 0.504 e. The fraction of sp³-hybridized carbons (Fsp3) is 0.0870.